The van der Waals surface area contributed by atoms with Crippen LogP contribution in [0.25, 0.3) is 0 Å². The van der Waals surface area contributed by atoms with Crippen molar-refractivity contribution in [3.63, 3.8) is 0 Å². The van der Waals surface area contributed by atoms with Crippen LogP contribution >= 0.6 is 0 Å². The molecule has 0 aliphatic carbocycles. The number of hydrogen-bond acceptors (Lipinski definition) is 13. The van der Waals surface area contributed by atoms with Crippen LogP contribution in [0, 0.1) is 41.4 Å². The zero-order valence-corrected chi connectivity index (χ0v) is 39.9. The third kappa shape index (κ3) is 18.9. The van der Waals surface area contributed by atoms with E-state index in [0.29, 0.717) is 0 Å². The molecule has 2 saturated heterocycles. The van der Waals surface area contributed by atoms with E-state index in [1.807, 2.05) is 64.2 Å². The third-order valence-corrected chi connectivity index (χ3v) is 14.1. The molecular formula is C51H82O14. The monoisotopic (exact) mass is 919 g/mol. The van der Waals surface area contributed by atoms with Crippen molar-refractivity contribution in [2.75, 3.05) is 0 Å². The number of allylic oxidation sites excluding steroid dienone is 11. The SMILES string of the molecule is CC1[C@@H](C)[C@H](C)OC(=O)CC(O)CC(O)CC(O)CCC(O)C(O)CC2(O)C[C@H](O)C(C(=O)O)C(CC(O[C@@H]3O[C@H](C)C(C)[C@H](C)[C@@H]3C)/C=C/C=C/C=C/C=C/CC/C=C/C=C/[C@@H]1C)O2. The largest absolute Gasteiger partial charge is 0.481 e. The predicted octanol–water partition coefficient (Wildman–Crippen LogP) is 6.07. The Morgan fingerprint density at radius 1 is 0.631 bits per heavy atom. The van der Waals surface area contributed by atoms with Gasteiger partial charge in [0.1, 0.15) is 12.0 Å². The summed E-state index contributed by atoms with van der Waals surface area (Å²) >= 11 is 0. The first-order valence-corrected chi connectivity index (χ1v) is 23.8. The van der Waals surface area contributed by atoms with E-state index in [4.69, 9.17) is 18.9 Å². The molecule has 0 saturated carbocycles. The van der Waals surface area contributed by atoms with Crippen LogP contribution < -0.4 is 0 Å². The van der Waals surface area contributed by atoms with Crippen LogP contribution in [0.2, 0.25) is 0 Å². The Bertz CT molecular complexity index is 1610. The fourth-order valence-corrected chi connectivity index (χ4v) is 8.91. The number of aliphatic hydroxyl groups excluding tert-OH is 6. The van der Waals surface area contributed by atoms with Gasteiger partial charge in [0, 0.05) is 25.2 Å². The molecule has 0 radical (unpaired) electrons. The minimum atomic E-state index is -2.24. The number of carboxylic acids is 1. The Morgan fingerprint density at radius 2 is 1.20 bits per heavy atom. The number of hydrogen-bond donors (Lipinski definition) is 8. The highest BCUT2D eigenvalue weighted by Crippen LogP contribution is 2.40. The van der Waals surface area contributed by atoms with Gasteiger partial charge in [-0.05, 0) is 82.0 Å². The van der Waals surface area contributed by atoms with E-state index in [9.17, 15) is 50.4 Å². The van der Waals surface area contributed by atoms with Crippen LogP contribution in [0.4, 0.5) is 0 Å². The minimum absolute atomic E-state index is 0.0141. The first kappa shape index (κ1) is 56.3. The maximum atomic E-state index is 12.7. The molecule has 65 heavy (non-hydrogen) atoms. The number of carbonyl (C=O) groups is 2. The van der Waals surface area contributed by atoms with Crippen molar-refractivity contribution < 1.29 is 69.4 Å². The molecule has 3 aliphatic rings. The molecule has 0 aromatic heterocycles. The summed E-state index contributed by atoms with van der Waals surface area (Å²) in [4.78, 5) is 25.3. The highest BCUT2D eigenvalue weighted by Gasteiger charge is 2.51. The molecular weight excluding hydrogens is 837 g/mol. The van der Waals surface area contributed by atoms with Crippen LogP contribution in [0.5, 0.6) is 0 Å². The molecule has 3 heterocycles. The number of aliphatic carboxylic acids is 1. The Morgan fingerprint density at radius 3 is 1.86 bits per heavy atom. The van der Waals surface area contributed by atoms with Gasteiger partial charge in [-0.2, -0.15) is 0 Å². The molecule has 3 rings (SSSR count). The van der Waals surface area contributed by atoms with E-state index in [0.717, 1.165) is 12.8 Å². The van der Waals surface area contributed by atoms with Crippen molar-refractivity contribution in [3.05, 3.63) is 72.9 Å². The number of carboxylic acid groups (broad SMARTS) is 1. The number of carbonyl (C=O) groups excluding carboxylic acids is 1. The van der Waals surface area contributed by atoms with Crippen LogP contribution in [-0.4, -0.2) is 126 Å². The molecule has 19 atom stereocenters. The number of rotatable bonds is 3. The van der Waals surface area contributed by atoms with Gasteiger partial charge in [-0.3, -0.25) is 9.59 Å². The van der Waals surface area contributed by atoms with Gasteiger partial charge in [0.2, 0.25) is 0 Å². The van der Waals surface area contributed by atoms with E-state index in [2.05, 4.69) is 45.9 Å². The number of aliphatic hydroxyl groups is 7. The molecule has 0 aromatic carbocycles. The zero-order chi connectivity index (χ0) is 48.4. The number of ether oxygens (including phenoxy) is 4. The molecule has 0 aromatic rings. The van der Waals surface area contributed by atoms with Crippen molar-refractivity contribution in [2.45, 2.75) is 193 Å². The first-order chi connectivity index (χ1) is 30.6. The predicted molar refractivity (Wildman–Crippen MR) is 248 cm³/mol. The Hall–Kier alpha value is -3.02. The lowest BCUT2D eigenvalue weighted by atomic mass is 9.79. The second-order valence-electron chi connectivity index (χ2n) is 19.2. The van der Waals surface area contributed by atoms with Crippen molar-refractivity contribution in [1.29, 1.82) is 0 Å². The maximum Gasteiger partial charge on any atom is 0.311 e. The van der Waals surface area contributed by atoms with Crippen LogP contribution in [0.15, 0.2) is 72.9 Å². The van der Waals surface area contributed by atoms with Crippen molar-refractivity contribution in [2.24, 2.45) is 41.4 Å². The maximum absolute atomic E-state index is 12.7. The zero-order valence-electron chi connectivity index (χ0n) is 39.9. The summed E-state index contributed by atoms with van der Waals surface area (Å²) in [5, 5.41) is 86.8. The highest BCUT2D eigenvalue weighted by molar-refractivity contribution is 5.71. The Balaban J connectivity index is 1.84. The number of esters is 1. The molecule has 14 heteroatoms. The lowest BCUT2D eigenvalue weighted by Gasteiger charge is -2.46. The Kier molecular flexibility index (Phi) is 24.0. The van der Waals surface area contributed by atoms with E-state index < -0.39 is 97.7 Å². The Labute approximate surface area is 387 Å². The first-order valence-electron chi connectivity index (χ1n) is 23.8. The van der Waals surface area contributed by atoms with Crippen molar-refractivity contribution in [3.8, 4) is 0 Å². The normalized spacial score (nSPS) is 45.2. The summed E-state index contributed by atoms with van der Waals surface area (Å²) in [6, 6.07) is 0. The molecule has 2 bridgehead atoms. The quantitative estimate of drug-likeness (QED) is 0.150. The smallest absolute Gasteiger partial charge is 0.311 e. The van der Waals surface area contributed by atoms with E-state index in [1.54, 1.807) is 18.2 Å². The van der Waals surface area contributed by atoms with Gasteiger partial charge in [0.05, 0.1) is 61.4 Å². The lowest BCUT2D eigenvalue weighted by molar-refractivity contribution is -0.307. The summed E-state index contributed by atoms with van der Waals surface area (Å²) in [5.41, 5.74) is 0. The molecule has 0 amide bonds. The fraction of sp³-hybridized carbons (Fsp3) is 0.725. The van der Waals surface area contributed by atoms with Gasteiger partial charge >= 0.3 is 11.9 Å². The van der Waals surface area contributed by atoms with E-state index >= 15 is 0 Å². The van der Waals surface area contributed by atoms with Gasteiger partial charge < -0.3 is 59.8 Å². The molecule has 0 spiro atoms. The summed E-state index contributed by atoms with van der Waals surface area (Å²) in [5.74, 6) is -4.70. The summed E-state index contributed by atoms with van der Waals surface area (Å²) in [6.07, 6.45) is 11.3. The van der Waals surface area contributed by atoms with Crippen LogP contribution in [0.3, 0.4) is 0 Å². The molecule has 14 nitrogen and oxygen atoms in total. The van der Waals surface area contributed by atoms with Gasteiger partial charge in [-0.15, -0.1) is 0 Å². The van der Waals surface area contributed by atoms with E-state index in [-0.39, 0.29) is 80.1 Å². The topological polar surface area (TPSA) is 233 Å². The highest BCUT2D eigenvalue weighted by atomic mass is 16.7. The molecule has 11 unspecified atom stereocenters. The third-order valence-electron chi connectivity index (χ3n) is 14.1. The second-order valence-corrected chi connectivity index (χ2v) is 19.2. The van der Waals surface area contributed by atoms with Gasteiger partial charge in [0.15, 0.2) is 12.1 Å². The number of cyclic esters (lactones) is 1. The van der Waals surface area contributed by atoms with Gasteiger partial charge in [-0.1, -0.05) is 114 Å². The van der Waals surface area contributed by atoms with Crippen LogP contribution in [-0.2, 0) is 28.5 Å². The minimum Gasteiger partial charge on any atom is -0.481 e. The average molecular weight is 919 g/mol. The molecule has 3 aliphatic heterocycles. The molecule has 370 valence electrons. The second kappa shape index (κ2) is 27.7. The summed E-state index contributed by atoms with van der Waals surface area (Å²) < 4.78 is 24.5. The standard InChI is InChI=1S/C51H82O14/c1-31-21-19-17-15-13-11-9-10-12-14-16-18-20-22-42(64-50-36(6)33(3)35(5)38(8)63-50)28-46-48(49(59)60)45(57)30-51(61,65-46)29-44(56)43(55)24-23-39(52)25-40(53)26-41(54)27-47(58)62-37(7)34(4)32(31)2/h9-10,12,14-22,31-46,48,50,52-57,61H,11,13,23-30H2,1-8H3,(H,59,60)/b10-9+,14-12+,17-15+,18-16+,21-19+,22-20+/t31-,32?,33-,34+,35?,36-,37-,38+,39?,40?,41?,42?,43?,44?,45-,46?,48?,50-,51?/m0/s1. The number of fused-ring (bicyclic) bond motifs is 2. The lowest BCUT2D eigenvalue weighted by Crippen LogP contribution is -2.56. The van der Waals surface area contributed by atoms with Gasteiger partial charge in [0.25, 0.3) is 0 Å². The molecule has 8 N–H and O–H groups in total. The summed E-state index contributed by atoms with van der Waals surface area (Å²) in [7, 11) is 0. The van der Waals surface area contributed by atoms with E-state index in [1.165, 1.54) is 0 Å². The van der Waals surface area contributed by atoms with Gasteiger partial charge in [-0.25, -0.2) is 0 Å². The van der Waals surface area contributed by atoms with Crippen molar-refractivity contribution >= 4 is 11.9 Å². The summed E-state index contributed by atoms with van der Waals surface area (Å²) in [6.45, 7) is 16.3. The fourth-order valence-electron chi connectivity index (χ4n) is 8.91. The van der Waals surface area contributed by atoms with Crippen LogP contribution in [0.1, 0.15) is 120 Å². The molecule has 2 fully saturated rings. The average Bonchev–Trinajstić information content (AvgIpc) is 3.21. The van der Waals surface area contributed by atoms with Crippen molar-refractivity contribution in [1.82, 2.24) is 0 Å².